The number of hydrogen-bond acceptors (Lipinski definition) is 8. The van der Waals surface area contributed by atoms with E-state index < -0.39 is 12.0 Å². The Hall–Kier alpha value is -2.94. The minimum Gasteiger partial charge on any atom is -0.464 e. The van der Waals surface area contributed by atoms with E-state index in [-0.39, 0.29) is 11.5 Å². The van der Waals surface area contributed by atoms with Gasteiger partial charge < -0.3 is 19.2 Å². The van der Waals surface area contributed by atoms with Crippen LogP contribution in [0.1, 0.15) is 31.0 Å². The second kappa shape index (κ2) is 10.4. The minimum atomic E-state index is -0.765. The molecule has 1 fully saturated rings. The molecular formula is C19H26N4O5. The molecule has 28 heavy (non-hydrogen) atoms. The summed E-state index contributed by atoms with van der Waals surface area (Å²) in [6, 6.07) is 6.17. The van der Waals surface area contributed by atoms with Crippen LogP contribution in [0.3, 0.4) is 0 Å². The van der Waals surface area contributed by atoms with Crippen molar-refractivity contribution in [2.24, 2.45) is 10.3 Å². The average Bonchev–Trinajstić information content (AvgIpc) is 2.72. The number of benzene rings is 1. The molecule has 1 aliphatic rings. The molecule has 1 N–H and O–H groups in total. The normalized spacial score (nSPS) is 16.4. The van der Waals surface area contributed by atoms with Crippen molar-refractivity contribution in [2.45, 2.75) is 19.9 Å². The molecular weight excluding hydrogens is 364 g/mol. The first-order chi connectivity index (χ1) is 13.5. The van der Waals surface area contributed by atoms with E-state index in [1.54, 1.807) is 24.3 Å². The van der Waals surface area contributed by atoms with Gasteiger partial charge >= 0.3 is 5.97 Å². The topological polar surface area (TPSA) is 102 Å². The highest BCUT2D eigenvalue weighted by Crippen LogP contribution is 2.21. The van der Waals surface area contributed by atoms with Crippen LogP contribution in [-0.2, 0) is 23.9 Å². The number of esters is 1. The molecule has 1 heterocycles. The summed E-state index contributed by atoms with van der Waals surface area (Å²) in [6.45, 7) is 6.09. The second-order valence-corrected chi connectivity index (χ2v) is 6.13. The molecule has 1 aromatic carbocycles. The predicted molar refractivity (Wildman–Crippen MR) is 104 cm³/mol. The molecule has 0 amide bonds. The van der Waals surface area contributed by atoms with Crippen LogP contribution in [-0.4, -0.2) is 68.7 Å². The maximum Gasteiger partial charge on any atom is 0.360 e. The van der Waals surface area contributed by atoms with Crippen molar-refractivity contribution in [1.82, 2.24) is 10.3 Å². The Morgan fingerprint density at radius 1 is 1.18 bits per heavy atom. The zero-order valence-corrected chi connectivity index (χ0v) is 16.6. The molecule has 1 aromatic rings. The third-order valence-electron chi connectivity index (χ3n) is 4.32. The van der Waals surface area contributed by atoms with Gasteiger partial charge in [0.25, 0.3) is 0 Å². The first kappa shape index (κ1) is 21.4. The molecule has 2 rings (SSSR count). The van der Waals surface area contributed by atoms with Crippen molar-refractivity contribution in [2.75, 3.05) is 40.5 Å². The zero-order chi connectivity index (χ0) is 20.5. The summed E-state index contributed by atoms with van der Waals surface area (Å²) in [6.07, 6.45) is 0. The quantitative estimate of drug-likeness (QED) is 0.322. The molecule has 0 bridgehead atoms. The van der Waals surface area contributed by atoms with Gasteiger partial charge in [-0.2, -0.15) is 5.10 Å². The lowest BCUT2D eigenvalue weighted by atomic mass is 9.95. The fourth-order valence-electron chi connectivity index (χ4n) is 2.84. The Morgan fingerprint density at radius 2 is 1.86 bits per heavy atom. The number of Topliss-reactive ketones (excluding diaryl/α,β-unsaturated/α-hetero) is 1. The lowest BCUT2D eigenvalue weighted by molar-refractivity contribution is -0.132. The molecule has 152 valence electrons. The lowest BCUT2D eigenvalue weighted by Gasteiger charge is -2.28. The van der Waals surface area contributed by atoms with Crippen LogP contribution in [0, 0.1) is 0 Å². The van der Waals surface area contributed by atoms with Crippen molar-refractivity contribution < 1.29 is 23.9 Å². The van der Waals surface area contributed by atoms with E-state index in [9.17, 15) is 9.59 Å². The molecule has 0 aromatic heterocycles. The Morgan fingerprint density at radius 3 is 2.46 bits per heavy atom. The molecule has 1 aliphatic heterocycles. The van der Waals surface area contributed by atoms with Crippen LogP contribution in [0.25, 0.3) is 0 Å². The summed E-state index contributed by atoms with van der Waals surface area (Å²) in [4.78, 5) is 31.4. The Balaban J connectivity index is 2.35. The second-order valence-electron chi connectivity index (χ2n) is 6.13. The van der Waals surface area contributed by atoms with E-state index in [1.165, 1.54) is 21.1 Å². The van der Waals surface area contributed by atoms with Crippen LogP contribution < -0.4 is 5.43 Å². The van der Waals surface area contributed by atoms with E-state index >= 15 is 0 Å². The van der Waals surface area contributed by atoms with Gasteiger partial charge in [0.15, 0.2) is 11.5 Å². The molecule has 9 heteroatoms. The average molecular weight is 390 g/mol. The van der Waals surface area contributed by atoms with Gasteiger partial charge in [-0.25, -0.2) is 4.79 Å². The molecule has 0 radical (unpaired) electrons. The van der Waals surface area contributed by atoms with Crippen LogP contribution in [0.15, 0.2) is 34.5 Å². The maximum atomic E-state index is 12.4. The van der Waals surface area contributed by atoms with Crippen LogP contribution in [0.5, 0.6) is 0 Å². The first-order valence-corrected chi connectivity index (χ1v) is 8.91. The summed E-state index contributed by atoms with van der Waals surface area (Å²) in [5.74, 6) is -0.0667. The number of ketones is 1. The predicted octanol–water partition coefficient (Wildman–Crippen LogP) is 1.10. The molecule has 0 aliphatic carbocycles. The monoisotopic (exact) mass is 390 g/mol. The fourth-order valence-corrected chi connectivity index (χ4v) is 2.84. The Bertz CT molecular complexity index is 756. The van der Waals surface area contributed by atoms with Crippen molar-refractivity contribution in [1.29, 1.82) is 0 Å². The highest BCUT2D eigenvalue weighted by atomic mass is 16.6. The number of nitrogens with zero attached hydrogens (tertiary/aromatic N) is 3. The van der Waals surface area contributed by atoms with Crippen molar-refractivity contribution in [3.63, 3.8) is 0 Å². The SMILES string of the molecule is CON=C(C(=O)OC)c1ccccc1C(NN=C(C)N1CCOCC1)C(C)=O. The van der Waals surface area contributed by atoms with Crippen LogP contribution in [0.4, 0.5) is 0 Å². The molecule has 1 saturated heterocycles. The number of carbonyl (C=O) groups is 2. The number of nitrogens with one attached hydrogen (secondary N) is 1. The number of oxime groups is 1. The molecule has 0 saturated carbocycles. The largest absolute Gasteiger partial charge is 0.464 e. The van der Waals surface area contributed by atoms with Crippen molar-refractivity contribution >= 4 is 23.3 Å². The van der Waals surface area contributed by atoms with Gasteiger partial charge in [-0.15, -0.1) is 0 Å². The fraction of sp³-hybridized carbons (Fsp3) is 0.474. The van der Waals surface area contributed by atoms with Gasteiger partial charge in [0.2, 0.25) is 0 Å². The number of methoxy groups -OCH3 is 1. The van der Waals surface area contributed by atoms with Gasteiger partial charge in [0.05, 0.1) is 20.3 Å². The Kier molecular flexibility index (Phi) is 7.94. The number of morpholine rings is 1. The number of hydrogen-bond donors (Lipinski definition) is 1. The molecule has 1 unspecified atom stereocenters. The van der Waals surface area contributed by atoms with E-state index in [2.05, 4.69) is 20.6 Å². The van der Waals surface area contributed by atoms with Crippen LogP contribution >= 0.6 is 0 Å². The van der Waals surface area contributed by atoms with Gasteiger partial charge in [-0.3, -0.25) is 10.2 Å². The first-order valence-electron chi connectivity index (χ1n) is 8.91. The van der Waals surface area contributed by atoms with E-state index in [0.717, 1.165) is 18.9 Å². The highest BCUT2D eigenvalue weighted by Gasteiger charge is 2.26. The summed E-state index contributed by atoms with van der Waals surface area (Å²) in [5.41, 5.74) is 3.89. The number of carbonyl (C=O) groups excluding carboxylic acids is 2. The van der Waals surface area contributed by atoms with Crippen LogP contribution in [0.2, 0.25) is 0 Å². The third kappa shape index (κ3) is 5.29. The number of hydrazone groups is 1. The van der Waals surface area contributed by atoms with E-state index in [0.29, 0.717) is 24.3 Å². The summed E-state index contributed by atoms with van der Waals surface area (Å²) < 4.78 is 10.1. The minimum absolute atomic E-state index is 0.0254. The van der Waals surface area contributed by atoms with Gasteiger partial charge in [-0.05, 0) is 19.4 Å². The van der Waals surface area contributed by atoms with Gasteiger partial charge in [0.1, 0.15) is 19.0 Å². The van der Waals surface area contributed by atoms with E-state index in [1.807, 2.05) is 6.92 Å². The smallest absolute Gasteiger partial charge is 0.360 e. The third-order valence-corrected chi connectivity index (χ3v) is 4.32. The number of ether oxygens (including phenoxy) is 2. The number of rotatable bonds is 7. The standard InChI is InChI=1S/C19H26N4O5/c1-13(24)17(21-20-14(2)23-9-11-28-12-10-23)15-7-5-6-8-16(15)18(22-27-4)19(25)26-3/h5-8,17,21H,9-12H2,1-4H3. The highest BCUT2D eigenvalue weighted by molar-refractivity contribution is 6.43. The number of amidine groups is 1. The molecule has 9 nitrogen and oxygen atoms in total. The molecule has 1 atom stereocenters. The van der Waals surface area contributed by atoms with E-state index in [4.69, 9.17) is 14.3 Å². The summed E-state index contributed by atoms with van der Waals surface area (Å²) >= 11 is 0. The van der Waals surface area contributed by atoms with Gasteiger partial charge in [0, 0.05) is 18.7 Å². The maximum absolute atomic E-state index is 12.4. The lowest BCUT2D eigenvalue weighted by Crippen LogP contribution is -2.40. The van der Waals surface area contributed by atoms with Crippen molar-refractivity contribution in [3.05, 3.63) is 35.4 Å². The molecule has 0 spiro atoms. The van der Waals surface area contributed by atoms with Gasteiger partial charge in [-0.1, -0.05) is 29.4 Å². The summed E-state index contributed by atoms with van der Waals surface area (Å²) in [5, 5.41) is 8.17. The van der Waals surface area contributed by atoms with Crippen molar-refractivity contribution in [3.8, 4) is 0 Å². The zero-order valence-electron chi connectivity index (χ0n) is 16.6. The Labute approximate surface area is 164 Å². The summed E-state index contributed by atoms with van der Waals surface area (Å²) in [7, 11) is 2.59.